The molecule has 2 aromatic carbocycles. The summed E-state index contributed by atoms with van der Waals surface area (Å²) < 4.78 is 4.99. The summed E-state index contributed by atoms with van der Waals surface area (Å²) in [6.07, 6.45) is 0. The number of benzene rings is 2. The maximum Gasteiger partial charge on any atom is 0.341 e. The summed E-state index contributed by atoms with van der Waals surface area (Å²) in [6, 6.07) is 15.9. The van der Waals surface area contributed by atoms with Gasteiger partial charge in [0.2, 0.25) is 5.91 Å². The molecule has 1 aliphatic rings. The molecule has 0 saturated carbocycles. The monoisotopic (exact) mass is 497 g/mol. The molecule has 3 aromatic rings. The van der Waals surface area contributed by atoms with Crippen LogP contribution in [0.4, 0.5) is 5.00 Å². The van der Waals surface area contributed by atoms with E-state index in [0.717, 1.165) is 38.3 Å². The van der Waals surface area contributed by atoms with E-state index in [9.17, 15) is 9.59 Å². The third-order valence-electron chi connectivity index (χ3n) is 5.95. The summed E-state index contributed by atoms with van der Waals surface area (Å²) in [5.41, 5.74) is 4.49. The van der Waals surface area contributed by atoms with Crippen LogP contribution in [0, 0.1) is 6.92 Å². The Morgan fingerprint density at radius 3 is 2.29 bits per heavy atom. The summed E-state index contributed by atoms with van der Waals surface area (Å²) >= 11 is 7.32. The molecule has 1 saturated heterocycles. The van der Waals surface area contributed by atoms with E-state index in [1.807, 2.05) is 17.5 Å². The van der Waals surface area contributed by atoms with Gasteiger partial charge >= 0.3 is 5.97 Å². The molecule has 0 spiro atoms. The first kappa shape index (κ1) is 24.4. The Morgan fingerprint density at radius 1 is 1.00 bits per heavy atom. The molecular formula is C26H28ClN3O3S. The third-order valence-corrected chi connectivity index (χ3v) is 7.10. The van der Waals surface area contributed by atoms with E-state index in [1.54, 1.807) is 12.1 Å². The molecule has 0 atom stereocenters. The van der Waals surface area contributed by atoms with Crippen LogP contribution in [0.2, 0.25) is 5.02 Å². The first-order chi connectivity index (χ1) is 16.4. The largest absolute Gasteiger partial charge is 0.465 e. The Labute approximate surface area is 209 Å². The van der Waals surface area contributed by atoms with Crippen LogP contribution in [0.3, 0.4) is 0 Å². The number of hydrogen-bond donors (Lipinski definition) is 1. The molecule has 8 heteroatoms. The van der Waals surface area contributed by atoms with Crippen molar-refractivity contribution in [3.8, 4) is 11.1 Å². The van der Waals surface area contributed by atoms with Gasteiger partial charge in [0.05, 0.1) is 13.7 Å². The van der Waals surface area contributed by atoms with Gasteiger partial charge in [-0.2, -0.15) is 0 Å². The number of piperazine rings is 1. The Kier molecular flexibility index (Phi) is 8.00. The molecule has 1 fully saturated rings. The van der Waals surface area contributed by atoms with Crippen molar-refractivity contribution in [2.24, 2.45) is 0 Å². The molecule has 178 valence electrons. The summed E-state index contributed by atoms with van der Waals surface area (Å²) in [7, 11) is 1.34. The number of carbonyl (C=O) groups excluding carboxylic acids is 2. The normalized spacial score (nSPS) is 14.7. The zero-order valence-electron chi connectivity index (χ0n) is 19.3. The quantitative estimate of drug-likeness (QED) is 0.469. The maximum absolute atomic E-state index is 12.8. The minimum atomic E-state index is -0.480. The van der Waals surface area contributed by atoms with Crippen molar-refractivity contribution in [3.05, 3.63) is 75.6 Å². The fraction of sp³-hybridized carbons (Fsp3) is 0.308. The van der Waals surface area contributed by atoms with Gasteiger partial charge in [-0.3, -0.25) is 14.6 Å². The second-order valence-electron chi connectivity index (χ2n) is 8.44. The SMILES string of the molecule is COC(=O)c1c(-c2ccc(Cl)cc2)csc1NC(=O)CN1CCN(Cc2ccc(C)cc2)CC1. The predicted molar refractivity (Wildman–Crippen MR) is 138 cm³/mol. The molecule has 0 unspecified atom stereocenters. The molecule has 34 heavy (non-hydrogen) atoms. The van der Waals surface area contributed by atoms with Gasteiger partial charge in [0, 0.05) is 48.7 Å². The number of rotatable bonds is 7. The van der Waals surface area contributed by atoms with Gasteiger partial charge in [0.15, 0.2) is 0 Å². The average molecular weight is 498 g/mol. The van der Waals surface area contributed by atoms with Crippen molar-refractivity contribution in [3.63, 3.8) is 0 Å². The van der Waals surface area contributed by atoms with E-state index in [0.29, 0.717) is 21.2 Å². The lowest BCUT2D eigenvalue weighted by Crippen LogP contribution is -2.48. The van der Waals surface area contributed by atoms with Crippen molar-refractivity contribution in [1.29, 1.82) is 0 Å². The summed E-state index contributed by atoms with van der Waals surface area (Å²) in [6.45, 7) is 6.77. The molecule has 0 aliphatic carbocycles. The second kappa shape index (κ2) is 11.1. The average Bonchev–Trinajstić information content (AvgIpc) is 3.25. The first-order valence-electron chi connectivity index (χ1n) is 11.2. The topological polar surface area (TPSA) is 61.9 Å². The molecule has 0 bridgehead atoms. The number of hydrogen-bond acceptors (Lipinski definition) is 6. The van der Waals surface area contributed by atoms with Crippen molar-refractivity contribution in [2.75, 3.05) is 45.2 Å². The standard InChI is InChI=1S/C26H28ClN3O3S/c1-18-3-5-19(6-4-18)15-29-11-13-30(14-12-29)16-23(31)28-25-24(26(32)33-2)22(17-34-25)20-7-9-21(27)10-8-20/h3-10,17H,11-16H2,1-2H3,(H,28,31). The predicted octanol–water partition coefficient (Wildman–Crippen LogP) is 4.92. The van der Waals surface area contributed by atoms with E-state index < -0.39 is 5.97 Å². The Bertz CT molecular complexity index is 1140. The second-order valence-corrected chi connectivity index (χ2v) is 9.75. The van der Waals surface area contributed by atoms with Crippen molar-refractivity contribution >= 4 is 39.8 Å². The molecule has 6 nitrogen and oxygen atoms in total. The smallest absolute Gasteiger partial charge is 0.341 e. The van der Waals surface area contributed by atoms with Crippen LogP contribution in [0.5, 0.6) is 0 Å². The molecule has 1 amide bonds. The minimum absolute atomic E-state index is 0.137. The zero-order valence-corrected chi connectivity index (χ0v) is 20.9. The van der Waals surface area contributed by atoms with Crippen LogP contribution in [0.1, 0.15) is 21.5 Å². The molecule has 4 rings (SSSR count). The highest BCUT2D eigenvalue weighted by molar-refractivity contribution is 7.15. The molecule has 1 N–H and O–H groups in total. The van der Waals surface area contributed by atoms with Crippen LogP contribution in [-0.4, -0.2) is 61.5 Å². The fourth-order valence-electron chi connectivity index (χ4n) is 4.02. The highest BCUT2D eigenvalue weighted by Crippen LogP contribution is 2.36. The number of nitrogens with one attached hydrogen (secondary N) is 1. The number of aryl methyl sites for hydroxylation is 1. The summed E-state index contributed by atoms with van der Waals surface area (Å²) in [4.78, 5) is 29.9. The molecule has 1 aliphatic heterocycles. The summed E-state index contributed by atoms with van der Waals surface area (Å²) in [5.74, 6) is -0.618. The van der Waals surface area contributed by atoms with Crippen LogP contribution in [-0.2, 0) is 16.1 Å². The number of methoxy groups -OCH3 is 1. The van der Waals surface area contributed by atoms with E-state index >= 15 is 0 Å². The number of nitrogens with zero attached hydrogens (tertiary/aromatic N) is 2. The minimum Gasteiger partial charge on any atom is -0.465 e. The number of halogens is 1. The molecule has 1 aromatic heterocycles. The lowest BCUT2D eigenvalue weighted by Gasteiger charge is -2.34. The van der Waals surface area contributed by atoms with Crippen LogP contribution >= 0.6 is 22.9 Å². The van der Waals surface area contributed by atoms with Gasteiger partial charge in [0.25, 0.3) is 0 Å². The number of amides is 1. The van der Waals surface area contributed by atoms with E-state index in [4.69, 9.17) is 16.3 Å². The Balaban J connectivity index is 1.35. The zero-order chi connectivity index (χ0) is 24.1. The van der Waals surface area contributed by atoms with Crippen molar-refractivity contribution < 1.29 is 14.3 Å². The lowest BCUT2D eigenvalue weighted by molar-refractivity contribution is -0.117. The van der Waals surface area contributed by atoms with E-state index in [-0.39, 0.29) is 12.5 Å². The maximum atomic E-state index is 12.8. The highest BCUT2D eigenvalue weighted by atomic mass is 35.5. The third kappa shape index (κ3) is 6.04. The number of thiophene rings is 1. The first-order valence-corrected chi connectivity index (χ1v) is 12.4. The van der Waals surface area contributed by atoms with Gasteiger partial charge in [-0.05, 0) is 30.2 Å². The van der Waals surface area contributed by atoms with E-state index in [1.165, 1.54) is 29.6 Å². The number of ether oxygens (including phenoxy) is 1. The fourth-order valence-corrected chi connectivity index (χ4v) is 5.12. The van der Waals surface area contributed by atoms with Crippen LogP contribution in [0.15, 0.2) is 53.9 Å². The summed E-state index contributed by atoms with van der Waals surface area (Å²) in [5, 5.41) is 5.90. The van der Waals surface area contributed by atoms with Crippen molar-refractivity contribution in [1.82, 2.24) is 9.80 Å². The van der Waals surface area contributed by atoms with Gasteiger partial charge < -0.3 is 10.1 Å². The Morgan fingerprint density at radius 2 is 1.65 bits per heavy atom. The number of carbonyl (C=O) groups is 2. The van der Waals surface area contributed by atoms with Gasteiger partial charge in [-0.1, -0.05) is 53.6 Å². The van der Waals surface area contributed by atoms with Crippen molar-refractivity contribution in [2.45, 2.75) is 13.5 Å². The lowest BCUT2D eigenvalue weighted by atomic mass is 10.0. The van der Waals surface area contributed by atoms with Crippen LogP contribution in [0.25, 0.3) is 11.1 Å². The van der Waals surface area contributed by atoms with E-state index in [2.05, 4.69) is 46.3 Å². The number of esters is 1. The highest BCUT2D eigenvalue weighted by Gasteiger charge is 2.24. The van der Waals surface area contributed by atoms with Crippen LogP contribution < -0.4 is 5.32 Å². The number of anilines is 1. The molecular weight excluding hydrogens is 470 g/mol. The Hall–Kier alpha value is -2.71. The van der Waals surface area contributed by atoms with Gasteiger partial charge in [-0.15, -0.1) is 11.3 Å². The molecule has 2 heterocycles. The van der Waals surface area contributed by atoms with Gasteiger partial charge in [0.1, 0.15) is 10.6 Å². The van der Waals surface area contributed by atoms with Gasteiger partial charge in [-0.25, -0.2) is 4.79 Å². The molecule has 0 radical (unpaired) electrons.